The Kier molecular flexibility index (Phi) is 5.17. The molecule has 0 N–H and O–H groups in total. The summed E-state index contributed by atoms with van der Waals surface area (Å²) in [6.07, 6.45) is 0. The Bertz CT molecular complexity index is 938. The van der Waals surface area contributed by atoms with Crippen LogP contribution in [-0.4, -0.2) is 9.55 Å². The molecule has 0 radical (unpaired) electrons. The SMILES string of the molecule is CC.Cc1cc2c(=O)n(-c3c(C)cccc3C)c(C)nc2cc1F. The van der Waals surface area contributed by atoms with E-state index in [-0.39, 0.29) is 11.4 Å². The van der Waals surface area contributed by atoms with Crippen LogP contribution in [0.25, 0.3) is 16.6 Å². The standard InChI is InChI=1S/C18H17FN2O.C2H6/c1-10-6-5-7-11(2)17(10)21-13(4)20-16-9-15(19)12(3)8-14(16)18(21)22;1-2/h5-9H,1-4H3;1-2H3. The molecule has 1 heterocycles. The molecule has 24 heavy (non-hydrogen) atoms. The van der Waals surface area contributed by atoms with Crippen molar-refractivity contribution < 1.29 is 4.39 Å². The van der Waals surface area contributed by atoms with E-state index in [9.17, 15) is 9.18 Å². The van der Waals surface area contributed by atoms with Gasteiger partial charge in [0.2, 0.25) is 0 Å². The zero-order valence-corrected chi connectivity index (χ0v) is 15.1. The number of aryl methyl sites for hydroxylation is 4. The zero-order valence-electron chi connectivity index (χ0n) is 15.1. The molecule has 0 spiro atoms. The molecule has 0 saturated carbocycles. The molecule has 0 amide bonds. The number of hydrogen-bond acceptors (Lipinski definition) is 2. The Balaban J connectivity index is 0.00000100. The van der Waals surface area contributed by atoms with Crippen molar-refractivity contribution in [1.29, 1.82) is 0 Å². The number of benzene rings is 2. The molecule has 2 aromatic carbocycles. The van der Waals surface area contributed by atoms with Gasteiger partial charge in [-0.3, -0.25) is 9.36 Å². The van der Waals surface area contributed by atoms with Crippen molar-refractivity contribution >= 4 is 10.9 Å². The number of rotatable bonds is 1. The van der Waals surface area contributed by atoms with Crippen LogP contribution in [0.15, 0.2) is 35.1 Å². The van der Waals surface area contributed by atoms with Crippen molar-refractivity contribution in [2.45, 2.75) is 41.5 Å². The van der Waals surface area contributed by atoms with Crippen molar-refractivity contribution in [1.82, 2.24) is 9.55 Å². The lowest BCUT2D eigenvalue weighted by Gasteiger charge is -2.16. The first-order valence-electron chi connectivity index (χ1n) is 8.16. The number of nitrogens with zero attached hydrogens (tertiary/aromatic N) is 2. The van der Waals surface area contributed by atoms with Gasteiger partial charge in [0.05, 0.1) is 16.6 Å². The molecule has 3 aromatic rings. The third kappa shape index (κ3) is 2.96. The first kappa shape index (κ1) is 17.9. The summed E-state index contributed by atoms with van der Waals surface area (Å²) in [6.45, 7) is 11.4. The van der Waals surface area contributed by atoms with E-state index in [2.05, 4.69) is 4.98 Å². The van der Waals surface area contributed by atoms with E-state index in [1.807, 2.05) is 45.9 Å². The molecule has 0 fully saturated rings. The molecule has 0 unspecified atom stereocenters. The van der Waals surface area contributed by atoms with Gasteiger partial charge in [-0.2, -0.15) is 0 Å². The van der Waals surface area contributed by atoms with Crippen molar-refractivity contribution in [2.24, 2.45) is 0 Å². The van der Waals surface area contributed by atoms with Gasteiger partial charge in [0.1, 0.15) is 11.6 Å². The van der Waals surface area contributed by atoms with Crippen LogP contribution in [0.2, 0.25) is 0 Å². The summed E-state index contributed by atoms with van der Waals surface area (Å²) in [5.41, 5.74) is 3.54. The summed E-state index contributed by atoms with van der Waals surface area (Å²) in [5.74, 6) is 0.210. The average Bonchev–Trinajstić information content (AvgIpc) is 2.54. The van der Waals surface area contributed by atoms with E-state index in [1.54, 1.807) is 24.5 Å². The Morgan fingerprint density at radius 3 is 2.12 bits per heavy atom. The summed E-state index contributed by atoms with van der Waals surface area (Å²) >= 11 is 0. The van der Waals surface area contributed by atoms with E-state index in [1.165, 1.54) is 6.07 Å². The van der Waals surface area contributed by atoms with Crippen LogP contribution in [0.3, 0.4) is 0 Å². The predicted octanol–water partition coefficient (Wildman–Crippen LogP) is 4.78. The fourth-order valence-corrected chi connectivity index (χ4v) is 2.85. The maximum Gasteiger partial charge on any atom is 0.265 e. The van der Waals surface area contributed by atoms with Crippen LogP contribution in [0, 0.1) is 33.5 Å². The molecule has 0 aliphatic carbocycles. The second-order valence-electron chi connectivity index (χ2n) is 5.66. The van der Waals surface area contributed by atoms with E-state index < -0.39 is 0 Å². The Hall–Kier alpha value is -2.49. The molecule has 126 valence electrons. The molecular formula is C20H23FN2O. The fraction of sp³-hybridized carbons (Fsp3) is 0.300. The van der Waals surface area contributed by atoms with Crippen LogP contribution in [0.4, 0.5) is 4.39 Å². The molecule has 1 aromatic heterocycles. The van der Waals surface area contributed by atoms with Gasteiger partial charge in [-0.05, 0) is 50.5 Å². The third-order valence-corrected chi connectivity index (χ3v) is 3.98. The highest BCUT2D eigenvalue weighted by molar-refractivity contribution is 5.79. The normalized spacial score (nSPS) is 10.5. The highest BCUT2D eigenvalue weighted by Crippen LogP contribution is 2.21. The maximum absolute atomic E-state index is 13.7. The van der Waals surface area contributed by atoms with Gasteiger partial charge < -0.3 is 0 Å². The Morgan fingerprint density at radius 1 is 0.958 bits per heavy atom. The van der Waals surface area contributed by atoms with Crippen LogP contribution >= 0.6 is 0 Å². The quantitative estimate of drug-likeness (QED) is 0.645. The topological polar surface area (TPSA) is 34.9 Å². The lowest BCUT2D eigenvalue weighted by Crippen LogP contribution is -2.24. The minimum absolute atomic E-state index is 0.164. The second kappa shape index (κ2) is 6.95. The molecule has 0 saturated heterocycles. The average molecular weight is 326 g/mol. The van der Waals surface area contributed by atoms with Gasteiger partial charge in [-0.1, -0.05) is 32.0 Å². The minimum Gasteiger partial charge on any atom is -0.268 e. The summed E-state index contributed by atoms with van der Waals surface area (Å²) in [6, 6.07) is 8.79. The molecule has 3 nitrogen and oxygen atoms in total. The van der Waals surface area contributed by atoms with E-state index in [4.69, 9.17) is 0 Å². The van der Waals surface area contributed by atoms with Gasteiger partial charge >= 0.3 is 0 Å². The van der Waals surface area contributed by atoms with Crippen LogP contribution < -0.4 is 5.56 Å². The smallest absolute Gasteiger partial charge is 0.265 e. The third-order valence-electron chi connectivity index (χ3n) is 3.98. The zero-order chi connectivity index (χ0) is 18.0. The van der Waals surface area contributed by atoms with Crippen LogP contribution in [0.5, 0.6) is 0 Å². The van der Waals surface area contributed by atoms with Crippen LogP contribution in [-0.2, 0) is 0 Å². The van der Waals surface area contributed by atoms with Gasteiger partial charge in [0.25, 0.3) is 5.56 Å². The predicted molar refractivity (Wildman–Crippen MR) is 97.6 cm³/mol. The van der Waals surface area contributed by atoms with Gasteiger partial charge in [-0.25, -0.2) is 9.37 Å². The molecule has 0 bridgehead atoms. The van der Waals surface area contributed by atoms with E-state index in [0.29, 0.717) is 22.3 Å². The number of hydrogen-bond donors (Lipinski definition) is 0. The van der Waals surface area contributed by atoms with Gasteiger partial charge in [0, 0.05) is 6.07 Å². The first-order valence-corrected chi connectivity index (χ1v) is 8.16. The van der Waals surface area contributed by atoms with Crippen molar-refractivity contribution in [3.63, 3.8) is 0 Å². The maximum atomic E-state index is 13.7. The van der Waals surface area contributed by atoms with Gasteiger partial charge in [0.15, 0.2) is 0 Å². The molecule has 0 atom stereocenters. The molecule has 3 rings (SSSR count). The summed E-state index contributed by atoms with van der Waals surface area (Å²) in [4.78, 5) is 17.3. The molecule has 4 heteroatoms. The number of para-hydroxylation sites is 1. The molecular weight excluding hydrogens is 303 g/mol. The first-order chi connectivity index (χ1) is 11.4. The lowest BCUT2D eigenvalue weighted by atomic mass is 10.1. The fourth-order valence-electron chi connectivity index (χ4n) is 2.85. The highest BCUT2D eigenvalue weighted by Gasteiger charge is 2.14. The minimum atomic E-state index is -0.344. The largest absolute Gasteiger partial charge is 0.268 e. The van der Waals surface area contributed by atoms with Crippen molar-refractivity contribution in [3.8, 4) is 5.69 Å². The van der Waals surface area contributed by atoms with Gasteiger partial charge in [-0.15, -0.1) is 0 Å². The summed E-state index contributed by atoms with van der Waals surface area (Å²) in [5, 5.41) is 0.437. The van der Waals surface area contributed by atoms with E-state index in [0.717, 1.165) is 16.8 Å². The second-order valence-corrected chi connectivity index (χ2v) is 5.66. The van der Waals surface area contributed by atoms with E-state index >= 15 is 0 Å². The number of halogens is 1. The van der Waals surface area contributed by atoms with Crippen molar-refractivity contribution in [2.75, 3.05) is 0 Å². The molecule has 0 aliphatic heterocycles. The Morgan fingerprint density at radius 2 is 1.54 bits per heavy atom. The highest BCUT2D eigenvalue weighted by atomic mass is 19.1. The summed E-state index contributed by atoms with van der Waals surface area (Å²) < 4.78 is 15.3. The Labute approximate surface area is 141 Å². The molecule has 0 aliphatic rings. The lowest BCUT2D eigenvalue weighted by molar-refractivity contribution is 0.620. The van der Waals surface area contributed by atoms with Crippen LogP contribution in [0.1, 0.15) is 36.4 Å². The monoisotopic (exact) mass is 326 g/mol. The number of fused-ring (bicyclic) bond motifs is 1. The number of aromatic nitrogens is 2. The van der Waals surface area contributed by atoms with Crippen molar-refractivity contribution in [3.05, 3.63) is 69.0 Å². The summed E-state index contributed by atoms with van der Waals surface area (Å²) in [7, 11) is 0.